The summed E-state index contributed by atoms with van der Waals surface area (Å²) >= 11 is 0. The average molecular weight is 223 g/mol. The van der Waals surface area contributed by atoms with Crippen LogP contribution in [0.25, 0.3) is 0 Å². The van der Waals surface area contributed by atoms with Crippen LogP contribution in [0.2, 0.25) is 0 Å². The number of hydrazine groups is 1. The van der Waals surface area contributed by atoms with Crippen LogP contribution in [0.1, 0.15) is 19.8 Å². The summed E-state index contributed by atoms with van der Waals surface area (Å²) in [6, 6.07) is 2.86. The highest BCUT2D eigenvalue weighted by Gasteiger charge is 2.39. The number of nitrogens with one attached hydrogen (secondary N) is 2. The molecule has 7 heteroatoms. The summed E-state index contributed by atoms with van der Waals surface area (Å²) in [5.41, 5.74) is 2.27. The number of hydrogen-bond donors (Lipinski definition) is 3. The minimum atomic E-state index is -0.457. The van der Waals surface area contributed by atoms with Crippen molar-refractivity contribution in [1.29, 1.82) is 0 Å². The van der Waals surface area contributed by atoms with Gasteiger partial charge in [0.2, 0.25) is 5.82 Å². The summed E-state index contributed by atoms with van der Waals surface area (Å²) in [4.78, 5) is 14.4. The average Bonchev–Trinajstić information content (AvgIpc) is 2.95. The van der Waals surface area contributed by atoms with Crippen molar-refractivity contribution in [3.8, 4) is 0 Å². The number of nitrogens with two attached hydrogens (primary N) is 1. The largest absolute Gasteiger partial charge is 0.359 e. The quantitative estimate of drug-likeness (QED) is 0.403. The predicted molar refractivity (Wildman–Crippen MR) is 60.0 cm³/mol. The highest BCUT2D eigenvalue weighted by molar-refractivity contribution is 5.61. The van der Waals surface area contributed by atoms with Crippen LogP contribution in [-0.2, 0) is 0 Å². The van der Waals surface area contributed by atoms with E-state index in [1.807, 2.05) is 6.92 Å². The maximum absolute atomic E-state index is 10.8. The molecule has 1 fully saturated rings. The second-order valence-electron chi connectivity index (χ2n) is 4.15. The maximum Gasteiger partial charge on any atom is 0.311 e. The first-order chi connectivity index (χ1) is 7.54. The predicted octanol–water partition coefficient (Wildman–Crippen LogP) is 1.24. The lowest BCUT2D eigenvalue weighted by molar-refractivity contribution is -0.384. The van der Waals surface area contributed by atoms with E-state index in [2.05, 4.69) is 15.7 Å². The van der Waals surface area contributed by atoms with Gasteiger partial charge in [-0.25, -0.2) is 10.8 Å². The number of anilines is 2. The molecule has 0 radical (unpaired) electrons. The Balaban J connectivity index is 2.33. The van der Waals surface area contributed by atoms with Crippen molar-refractivity contribution in [2.75, 3.05) is 10.7 Å². The molecule has 16 heavy (non-hydrogen) atoms. The number of nitrogen functional groups attached to an aromatic ring is 1. The fraction of sp³-hybridized carbons (Fsp3) is 0.444. The third-order valence-corrected chi connectivity index (χ3v) is 2.64. The lowest BCUT2D eigenvalue weighted by Crippen LogP contribution is -2.19. The molecule has 1 heterocycles. The van der Waals surface area contributed by atoms with E-state index >= 15 is 0 Å². The summed E-state index contributed by atoms with van der Waals surface area (Å²) < 4.78 is 0. The van der Waals surface area contributed by atoms with Crippen molar-refractivity contribution in [2.45, 2.75) is 25.3 Å². The fourth-order valence-corrected chi connectivity index (χ4v) is 1.37. The zero-order chi connectivity index (χ0) is 11.8. The normalized spacial score (nSPS) is 16.6. The summed E-state index contributed by atoms with van der Waals surface area (Å²) in [5.74, 6) is 5.88. The zero-order valence-corrected chi connectivity index (χ0v) is 8.86. The van der Waals surface area contributed by atoms with Gasteiger partial charge < -0.3 is 10.7 Å². The van der Waals surface area contributed by atoms with Crippen LogP contribution in [0.15, 0.2) is 12.1 Å². The highest BCUT2D eigenvalue weighted by atomic mass is 16.6. The summed E-state index contributed by atoms with van der Waals surface area (Å²) in [6.45, 7) is 2.00. The molecular formula is C9H13N5O2. The Kier molecular flexibility index (Phi) is 2.39. The van der Waals surface area contributed by atoms with Gasteiger partial charge in [-0.05, 0) is 25.8 Å². The Bertz CT molecular complexity index is 430. The SMILES string of the molecule is CC1(Nc2nc(NN)ccc2[N+](=O)[O-])CC1. The van der Waals surface area contributed by atoms with Crippen molar-refractivity contribution in [3.05, 3.63) is 22.2 Å². The Labute approximate surface area is 92.2 Å². The molecule has 0 unspecified atom stereocenters. The Hall–Kier alpha value is -1.89. The first kappa shape index (κ1) is 10.6. The van der Waals surface area contributed by atoms with Gasteiger partial charge in [0, 0.05) is 11.6 Å². The zero-order valence-electron chi connectivity index (χ0n) is 8.86. The summed E-state index contributed by atoms with van der Waals surface area (Å²) in [7, 11) is 0. The van der Waals surface area contributed by atoms with Crippen LogP contribution in [0.5, 0.6) is 0 Å². The number of nitrogens with zero attached hydrogens (tertiary/aromatic N) is 2. The van der Waals surface area contributed by atoms with Crippen LogP contribution >= 0.6 is 0 Å². The molecular weight excluding hydrogens is 210 g/mol. The van der Waals surface area contributed by atoms with Crippen molar-refractivity contribution in [1.82, 2.24) is 4.98 Å². The van der Waals surface area contributed by atoms with E-state index in [0.29, 0.717) is 5.82 Å². The van der Waals surface area contributed by atoms with Crippen molar-refractivity contribution in [3.63, 3.8) is 0 Å². The number of hydrogen-bond acceptors (Lipinski definition) is 6. The lowest BCUT2D eigenvalue weighted by atomic mass is 10.3. The van der Waals surface area contributed by atoms with Gasteiger partial charge in [0.15, 0.2) is 0 Å². The second-order valence-corrected chi connectivity index (χ2v) is 4.15. The molecule has 1 aromatic heterocycles. The lowest BCUT2D eigenvalue weighted by Gasteiger charge is -2.12. The molecule has 1 saturated carbocycles. The minimum absolute atomic E-state index is 0.0351. The first-order valence-electron chi connectivity index (χ1n) is 4.94. The van der Waals surface area contributed by atoms with Gasteiger partial charge in [0.25, 0.3) is 0 Å². The summed E-state index contributed by atoms with van der Waals surface area (Å²) in [5, 5.41) is 13.9. The van der Waals surface area contributed by atoms with Gasteiger partial charge in [0.05, 0.1) is 4.92 Å². The monoisotopic (exact) mass is 223 g/mol. The maximum atomic E-state index is 10.8. The number of nitro groups is 1. The van der Waals surface area contributed by atoms with Crippen molar-refractivity contribution >= 4 is 17.3 Å². The van der Waals surface area contributed by atoms with Gasteiger partial charge in [-0.2, -0.15) is 0 Å². The smallest absolute Gasteiger partial charge is 0.311 e. The third kappa shape index (κ3) is 2.03. The Morgan fingerprint density at radius 1 is 1.56 bits per heavy atom. The molecule has 86 valence electrons. The van der Waals surface area contributed by atoms with Crippen LogP contribution < -0.4 is 16.6 Å². The van der Waals surface area contributed by atoms with E-state index in [9.17, 15) is 10.1 Å². The molecule has 0 saturated heterocycles. The van der Waals surface area contributed by atoms with Gasteiger partial charge in [-0.15, -0.1) is 0 Å². The van der Waals surface area contributed by atoms with E-state index in [1.54, 1.807) is 0 Å². The van der Waals surface area contributed by atoms with Gasteiger partial charge in [-0.3, -0.25) is 10.1 Å². The Morgan fingerprint density at radius 2 is 2.25 bits per heavy atom. The van der Waals surface area contributed by atoms with Crippen LogP contribution in [0.4, 0.5) is 17.3 Å². The number of rotatable bonds is 4. The van der Waals surface area contributed by atoms with Gasteiger partial charge >= 0.3 is 5.69 Å². The van der Waals surface area contributed by atoms with Crippen LogP contribution in [0.3, 0.4) is 0 Å². The molecule has 0 aliphatic heterocycles. The highest BCUT2D eigenvalue weighted by Crippen LogP contribution is 2.39. The molecule has 1 aliphatic rings. The topological polar surface area (TPSA) is 106 Å². The molecule has 1 aliphatic carbocycles. The van der Waals surface area contributed by atoms with Crippen LogP contribution in [0, 0.1) is 10.1 Å². The first-order valence-corrected chi connectivity index (χ1v) is 4.94. The molecule has 0 spiro atoms. The Morgan fingerprint density at radius 3 is 2.75 bits per heavy atom. The summed E-state index contributed by atoms with van der Waals surface area (Å²) in [6.07, 6.45) is 1.98. The number of aromatic nitrogens is 1. The molecule has 0 atom stereocenters. The molecule has 1 aromatic rings. The molecule has 4 N–H and O–H groups in total. The molecule has 0 aromatic carbocycles. The van der Waals surface area contributed by atoms with Gasteiger partial charge in [0.1, 0.15) is 5.82 Å². The second kappa shape index (κ2) is 3.60. The van der Waals surface area contributed by atoms with E-state index in [4.69, 9.17) is 5.84 Å². The number of pyridine rings is 1. The molecule has 7 nitrogen and oxygen atoms in total. The standard InChI is InChI=1S/C9H13N5O2/c1-9(4-5-9)12-8-6(14(15)16)2-3-7(11-8)13-10/h2-3H,4-5,10H2,1H3,(H2,11,12,13). The van der Waals surface area contributed by atoms with E-state index in [-0.39, 0.29) is 17.0 Å². The molecule has 0 bridgehead atoms. The van der Waals surface area contributed by atoms with Crippen molar-refractivity contribution < 1.29 is 4.92 Å². The molecule has 2 rings (SSSR count). The minimum Gasteiger partial charge on any atom is -0.359 e. The fourth-order valence-electron chi connectivity index (χ4n) is 1.37. The van der Waals surface area contributed by atoms with Gasteiger partial charge in [-0.1, -0.05) is 0 Å². The van der Waals surface area contributed by atoms with E-state index in [1.165, 1.54) is 12.1 Å². The molecule has 0 amide bonds. The third-order valence-electron chi connectivity index (χ3n) is 2.64. The van der Waals surface area contributed by atoms with Crippen LogP contribution in [-0.4, -0.2) is 15.4 Å². The van der Waals surface area contributed by atoms with Crippen molar-refractivity contribution in [2.24, 2.45) is 5.84 Å². The van der Waals surface area contributed by atoms with E-state index < -0.39 is 4.92 Å². The van der Waals surface area contributed by atoms with E-state index in [0.717, 1.165) is 12.8 Å².